The standard InChI is InChI=1S/C9H10BrNOS/c10-4-3-8(12)7-2-1-6(11)5-9(7)13/h1-2,5,13H,3-4,11H2. The third kappa shape index (κ3) is 2.74. The van der Waals surface area contributed by atoms with Crippen LogP contribution in [0.15, 0.2) is 23.1 Å². The summed E-state index contributed by atoms with van der Waals surface area (Å²) in [5, 5.41) is 0.670. The number of hydrogen-bond acceptors (Lipinski definition) is 3. The summed E-state index contributed by atoms with van der Waals surface area (Å²) in [5.41, 5.74) is 6.79. The van der Waals surface area contributed by atoms with Gasteiger partial charge in [0, 0.05) is 27.9 Å². The molecule has 0 saturated carbocycles. The third-order valence-electron chi connectivity index (χ3n) is 1.64. The van der Waals surface area contributed by atoms with E-state index >= 15 is 0 Å². The molecule has 0 aromatic heterocycles. The van der Waals surface area contributed by atoms with Crippen LogP contribution in [0.1, 0.15) is 16.8 Å². The predicted octanol–water partition coefficient (Wildman–Crippen LogP) is 2.53. The predicted molar refractivity (Wildman–Crippen MR) is 60.8 cm³/mol. The number of ketones is 1. The summed E-state index contributed by atoms with van der Waals surface area (Å²) >= 11 is 7.40. The van der Waals surface area contributed by atoms with Crippen molar-refractivity contribution in [2.24, 2.45) is 0 Å². The highest BCUT2D eigenvalue weighted by Gasteiger charge is 2.08. The Morgan fingerprint density at radius 2 is 2.23 bits per heavy atom. The molecule has 70 valence electrons. The van der Waals surface area contributed by atoms with Crippen molar-refractivity contribution in [1.82, 2.24) is 0 Å². The minimum absolute atomic E-state index is 0.0851. The molecular weight excluding hydrogens is 250 g/mol. The summed E-state index contributed by atoms with van der Waals surface area (Å²) in [4.78, 5) is 12.1. The Kier molecular flexibility index (Phi) is 3.81. The van der Waals surface area contributed by atoms with Crippen LogP contribution in [-0.4, -0.2) is 11.1 Å². The van der Waals surface area contributed by atoms with Crippen molar-refractivity contribution in [3.05, 3.63) is 23.8 Å². The van der Waals surface area contributed by atoms with Gasteiger partial charge in [0.1, 0.15) is 0 Å². The summed E-state index contributed by atoms with van der Waals surface area (Å²) in [6, 6.07) is 5.11. The molecule has 0 atom stereocenters. The average Bonchev–Trinajstić information content (AvgIpc) is 2.04. The number of alkyl halides is 1. The van der Waals surface area contributed by atoms with Crippen LogP contribution in [0.3, 0.4) is 0 Å². The molecule has 0 unspecified atom stereocenters. The van der Waals surface area contributed by atoms with Crippen LogP contribution in [0.5, 0.6) is 0 Å². The highest BCUT2D eigenvalue weighted by molar-refractivity contribution is 9.09. The van der Waals surface area contributed by atoms with Crippen molar-refractivity contribution >= 4 is 40.0 Å². The number of Topliss-reactive ketones (excluding diaryl/α,β-unsaturated/α-hetero) is 1. The number of thiol groups is 1. The lowest BCUT2D eigenvalue weighted by Gasteiger charge is -2.03. The molecule has 1 aromatic rings. The fraction of sp³-hybridized carbons (Fsp3) is 0.222. The monoisotopic (exact) mass is 259 g/mol. The quantitative estimate of drug-likeness (QED) is 0.379. The van der Waals surface area contributed by atoms with Crippen LogP contribution in [-0.2, 0) is 0 Å². The molecule has 0 saturated heterocycles. The first-order valence-electron chi connectivity index (χ1n) is 3.83. The zero-order valence-electron chi connectivity index (χ0n) is 6.96. The SMILES string of the molecule is Nc1ccc(C(=O)CCBr)c(S)c1. The number of nitrogen functional groups attached to an aromatic ring is 1. The molecule has 4 heteroatoms. The molecule has 0 radical (unpaired) electrons. The Labute approximate surface area is 91.1 Å². The number of carbonyl (C=O) groups is 1. The van der Waals surface area contributed by atoms with Crippen molar-refractivity contribution in [1.29, 1.82) is 0 Å². The van der Waals surface area contributed by atoms with Crippen LogP contribution < -0.4 is 5.73 Å². The molecule has 0 amide bonds. The first kappa shape index (κ1) is 10.6. The summed E-state index contributed by atoms with van der Waals surface area (Å²) < 4.78 is 0. The number of rotatable bonds is 3. The maximum absolute atomic E-state index is 11.5. The largest absolute Gasteiger partial charge is 0.399 e. The molecule has 2 nitrogen and oxygen atoms in total. The van der Waals surface area contributed by atoms with Crippen LogP contribution in [0.4, 0.5) is 5.69 Å². The summed E-state index contributed by atoms with van der Waals surface area (Å²) in [6.45, 7) is 0. The normalized spacial score (nSPS) is 10.0. The Morgan fingerprint density at radius 1 is 1.54 bits per heavy atom. The number of benzene rings is 1. The van der Waals surface area contributed by atoms with Gasteiger partial charge in [0.15, 0.2) is 5.78 Å². The van der Waals surface area contributed by atoms with Gasteiger partial charge in [0.2, 0.25) is 0 Å². The van der Waals surface area contributed by atoms with Crippen molar-refractivity contribution in [2.45, 2.75) is 11.3 Å². The van der Waals surface area contributed by atoms with Crippen LogP contribution in [0.2, 0.25) is 0 Å². The van der Waals surface area contributed by atoms with E-state index < -0.39 is 0 Å². The molecule has 0 aliphatic heterocycles. The summed E-state index contributed by atoms with van der Waals surface area (Å²) in [6.07, 6.45) is 0.484. The van der Waals surface area contributed by atoms with E-state index in [9.17, 15) is 4.79 Å². The molecule has 1 rings (SSSR count). The minimum Gasteiger partial charge on any atom is -0.399 e. The number of halogens is 1. The van der Waals surface area contributed by atoms with Crippen LogP contribution in [0, 0.1) is 0 Å². The molecule has 13 heavy (non-hydrogen) atoms. The minimum atomic E-state index is 0.0851. The molecule has 1 aromatic carbocycles. The Balaban J connectivity index is 2.95. The Bertz CT molecular complexity index is 327. The lowest BCUT2D eigenvalue weighted by Crippen LogP contribution is -2.01. The zero-order chi connectivity index (χ0) is 9.84. The highest BCUT2D eigenvalue weighted by Crippen LogP contribution is 2.19. The van der Waals surface area contributed by atoms with Gasteiger partial charge < -0.3 is 5.73 Å². The van der Waals surface area contributed by atoms with Gasteiger partial charge in [-0.3, -0.25) is 4.79 Å². The lowest BCUT2D eigenvalue weighted by atomic mass is 10.1. The molecule has 2 N–H and O–H groups in total. The second kappa shape index (κ2) is 4.67. The second-order valence-electron chi connectivity index (χ2n) is 2.64. The van der Waals surface area contributed by atoms with E-state index in [0.717, 1.165) is 0 Å². The molecule has 0 aliphatic carbocycles. The van der Waals surface area contributed by atoms with Crippen LogP contribution >= 0.6 is 28.6 Å². The highest BCUT2D eigenvalue weighted by atomic mass is 79.9. The zero-order valence-corrected chi connectivity index (χ0v) is 9.44. The van der Waals surface area contributed by atoms with Crippen molar-refractivity contribution < 1.29 is 4.79 Å². The van der Waals surface area contributed by atoms with Gasteiger partial charge in [0.05, 0.1) is 0 Å². The Hall–Kier alpha value is -0.480. The van der Waals surface area contributed by atoms with E-state index in [0.29, 0.717) is 27.9 Å². The molecule has 0 spiro atoms. The molecular formula is C9H10BrNOS. The molecule has 0 fully saturated rings. The smallest absolute Gasteiger partial charge is 0.164 e. The first-order valence-corrected chi connectivity index (χ1v) is 5.39. The number of hydrogen-bond donors (Lipinski definition) is 2. The van der Waals surface area contributed by atoms with Gasteiger partial charge in [-0.2, -0.15) is 0 Å². The van der Waals surface area contributed by atoms with E-state index in [-0.39, 0.29) is 5.78 Å². The van der Waals surface area contributed by atoms with Gasteiger partial charge in [-0.25, -0.2) is 0 Å². The number of nitrogens with two attached hydrogens (primary N) is 1. The van der Waals surface area contributed by atoms with Gasteiger partial charge in [0.25, 0.3) is 0 Å². The van der Waals surface area contributed by atoms with Gasteiger partial charge in [-0.05, 0) is 18.2 Å². The molecule has 0 heterocycles. The lowest BCUT2D eigenvalue weighted by molar-refractivity contribution is 0.0987. The van der Waals surface area contributed by atoms with Gasteiger partial charge in [-0.1, -0.05) is 15.9 Å². The maximum Gasteiger partial charge on any atom is 0.164 e. The van der Waals surface area contributed by atoms with Crippen molar-refractivity contribution in [3.63, 3.8) is 0 Å². The number of carbonyl (C=O) groups excluding carboxylic acids is 1. The number of anilines is 1. The second-order valence-corrected chi connectivity index (χ2v) is 3.91. The van der Waals surface area contributed by atoms with E-state index in [1.165, 1.54) is 0 Å². The van der Waals surface area contributed by atoms with E-state index in [4.69, 9.17) is 5.73 Å². The topological polar surface area (TPSA) is 43.1 Å². The molecule has 0 bridgehead atoms. The fourth-order valence-electron chi connectivity index (χ4n) is 1.00. The van der Waals surface area contributed by atoms with Crippen molar-refractivity contribution in [2.75, 3.05) is 11.1 Å². The van der Waals surface area contributed by atoms with Crippen molar-refractivity contribution in [3.8, 4) is 0 Å². The van der Waals surface area contributed by atoms with Gasteiger partial charge >= 0.3 is 0 Å². The average molecular weight is 260 g/mol. The third-order valence-corrected chi connectivity index (χ3v) is 2.41. The first-order chi connectivity index (χ1) is 6.15. The maximum atomic E-state index is 11.5. The van der Waals surface area contributed by atoms with E-state index in [2.05, 4.69) is 28.6 Å². The van der Waals surface area contributed by atoms with E-state index in [1.807, 2.05) is 0 Å². The summed E-state index contributed by atoms with van der Waals surface area (Å²) in [7, 11) is 0. The van der Waals surface area contributed by atoms with Gasteiger partial charge in [-0.15, -0.1) is 12.6 Å². The fourth-order valence-corrected chi connectivity index (χ4v) is 1.71. The summed E-state index contributed by atoms with van der Waals surface area (Å²) in [5.74, 6) is 0.0851. The van der Waals surface area contributed by atoms with Crippen LogP contribution in [0.25, 0.3) is 0 Å². The Morgan fingerprint density at radius 3 is 2.77 bits per heavy atom. The van der Waals surface area contributed by atoms with E-state index in [1.54, 1.807) is 18.2 Å². The molecule has 0 aliphatic rings.